The van der Waals surface area contributed by atoms with E-state index in [0.717, 1.165) is 6.42 Å². The van der Waals surface area contributed by atoms with Crippen LogP contribution in [0, 0.1) is 0 Å². The Morgan fingerprint density at radius 1 is 1.21 bits per heavy atom. The van der Waals surface area contributed by atoms with Crippen LogP contribution >= 0.6 is 0 Å². The molecular weight excluding hydrogens is 240 g/mol. The molecule has 0 saturated heterocycles. The molecule has 1 amide bonds. The van der Waals surface area contributed by atoms with Gasteiger partial charge in [-0.1, -0.05) is 25.1 Å². The SMILES string of the molecule is CCCOc1ccccc1C(=O)Nc1ccccn1. The van der Waals surface area contributed by atoms with Crippen LogP contribution in [-0.4, -0.2) is 17.5 Å². The lowest BCUT2D eigenvalue weighted by Gasteiger charge is -2.10. The van der Waals surface area contributed by atoms with E-state index in [0.29, 0.717) is 23.7 Å². The topological polar surface area (TPSA) is 51.2 Å². The maximum Gasteiger partial charge on any atom is 0.260 e. The molecule has 1 heterocycles. The first-order valence-electron chi connectivity index (χ1n) is 6.25. The van der Waals surface area contributed by atoms with Crippen LogP contribution in [0.25, 0.3) is 0 Å². The number of aromatic nitrogens is 1. The Bertz CT molecular complexity index is 541. The molecule has 2 aromatic rings. The molecule has 0 spiro atoms. The molecule has 0 aliphatic heterocycles. The number of rotatable bonds is 5. The number of benzene rings is 1. The van der Waals surface area contributed by atoms with Gasteiger partial charge in [-0.25, -0.2) is 4.98 Å². The summed E-state index contributed by atoms with van der Waals surface area (Å²) in [6, 6.07) is 12.6. The van der Waals surface area contributed by atoms with E-state index < -0.39 is 0 Å². The lowest BCUT2D eigenvalue weighted by Crippen LogP contribution is -2.14. The Morgan fingerprint density at radius 2 is 2.00 bits per heavy atom. The third-order valence-electron chi connectivity index (χ3n) is 2.50. The van der Waals surface area contributed by atoms with Gasteiger partial charge in [0.2, 0.25) is 0 Å². The second kappa shape index (κ2) is 6.54. The molecule has 4 heteroatoms. The van der Waals surface area contributed by atoms with Crippen molar-refractivity contribution in [1.29, 1.82) is 0 Å². The average Bonchev–Trinajstić information content (AvgIpc) is 2.46. The van der Waals surface area contributed by atoms with Gasteiger partial charge in [0.15, 0.2) is 0 Å². The summed E-state index contributed by atoms with van der Waals surface area (Å²) >= 11 is 0. The predicted octanol–water partition coefficient (Wildman–Crippen LogP) is 3.12. The van der Waals surface area contributed by atoms with Gasteiger partial charge in [-0.15, -0.1) is 0 Å². The standard InChI is InChI=1S/C15H16N2O2/c1-2-11-19-13-8-4-3-7-12(13)15(18)17-14-9-5-6-10-16-14/h3-10H,2,11H2,1H3,(H,16,17,18). The molecule has 1 aromatic carbocycles. The Labute approximate surface area is 112 Å². The van der Waals surface area contributed by atoms with Crippen molar-refractivity contribution < 1.29 is 9.53 Å². The van der Waals surface area contributed by atoms with Crippen LogP contribution in [0.5, 0.6) is 5.75 Å². The van der Waals surface area contributed by atoms with Crippen LogP contribution in [0.1, 0.15) is 23.7 Å². The molecule has 0 aliphatic rings. The monoisotopic (exact) mass is 256 g/mol. The fourth-order valence-electron chi connectivity index (χ4n) is 1.61. The number of para-hydroxylation sites is 1. The number of ether oxygens (including phenoxy) is 1. The van der Waals surface area contributed by atoms with Crippen molar-refractivity contribution in [3.05, 3.63) is 54.2 Å². The average molecular weight is 256 g/mol. The Morgan fingerprint density at radius 3 is 2.74 bits per heavy atom. The highest BCUT2D eigenvalue weighted by molar-refractivity contribution is 6.05. The van der Waals surface area contributed by atoms with E-state index in [9.17, 15) is 4.79 Å². The van der Waals surface area contributed by atoms with E-state index >= 15 is 0 Å². The minimum Gasteiger partial charge on any atom is -0.493 e. The maximum absolute atomic E-state index is 12.2. The number of carbonyl (C=O) groups is 1. The van der Waals surface area contributed by atoms with Crippen LogP contribution in [0.4, 0.5) is 5.82 Å². The highest BCUT2D eigenvalue weighted by Crippen LogP contribution is 2.19. The molecule has 0 atom stereocenters. The summed E-state index contributed by atoms with van der Waals surface area (Å²) in [6.07, 6.45) is 2.53. The Hall–Kier alpha value is -2.36. The van der Waals surface area contributed by atoms with Gasteiger partial charge >= 0.3 is 0 Å². The molecule has 0 saturated carbocycles. The molecule has 98 valence electrons. The van der Waals surface area contributed by atoms with Crippen LogP contribution in [0.2, 0.25) is 0 Å². The number of hydrogen-bond donors (Lipinski definition) is 1. The van der Waals surface area contributed by atoms with E-state index in [1.54, 1.807) is 30.5 Å². The van der Waals surface area contributed by atoms with Gasteiger partial charge in [0, 0.05) is 6.20 Å². The normalized spacial score (nSPS) is 9.95. The van der Waals surface area contributed by atoms with Gasteiger partial charge in [-0.3, -0.25) is 4.79 Å². The number of amides is 1. The summed E-state index contributed by atoms with van der Waals surface area (Å²) in [5, 5.41) is 2.74. The molecule has 0 bridgehead atoms. The quantitative estimate of drug-likeness (QED) is 0.894. The molecule has 0 fully saturated rings. The summed E-state index contributed by atoms with van der Waals surface area (Å²) in [4.78, 5) is 16.2. The lowest BCUT2D eigenvalue weighted by atomic mass is 10.2. The van der Waals surface area contributed by atoms with Gasteiger partial charge < -0.3 is 10.1 Å². The van der Waals surface area contributed by atoms with E-state index in [4.69, 9.17) is 4.74 Å². The fourth-order valence-corrected chi connectivity index (χ4v) is 1.61. The van der Waals surface area contributed by atoms with Crippen molar-refractivity contribution in [3.8, 4) is 5.75 Å². The van der Waals surface area contributed by atoms with Crippen molar-refractivity contribution in [2.45, 2.75) is 13.3 Å². The van der Waals surface area contributed by atoms with Gasteiger partial charge in [0.05, 0.1) is 12.2 Å². The molecule has 0 aliphatic carbocycles. The zero-order valence-electron chi connectivity index (χ0n) is 10.8. The van der Waals surface area contributed by atoms with Gasteiger partial charge in [-0.2, -0.15) is 0 Å². The number of anilines is 1. The Balaban J connectivity index is 2.14. The predicted molar refractivity (Wildman–Crippen MR) is 74.4 cm³/mol. The second-order valence-electron chi connectivity index (χ2n) is 4.01. The van der Waals surface area contributed by atoms with Gasteiger partial charge in [0.1, 0.15) is 11.6 Å². The third kappa shape index (κ3) is 3.55. The van der Waals surface area contributed by atoms with Crippen molar-refractivity contribution in [1.82, 2.24) is 4.98 Å². The summed E-state index contributed by atoms with van der Waals surface area (Å²) in [5.41, 5.74) is 0.515. The minimum atomic E-state index is -0.217. The number of nitrogens with one attached hydrogen (secondary N) is 1. The summed E-state index contributed by atoms with van der Waals surface area (Å²) in [6.45, 7) is 2.62. The second-order valence-corrected chi connectivity index (χ2v) is 4.01. The third-order valence-corrected chi connectivity index (χ3v) is 2.50. The first-order valence-corrected chi connectivity index (χ1v) is 6.25. The zero-order valence-corrected chi connectivity index (χ0v) is 10.8. The summed E-state index contributed by atoms with van der Waals surface area (Å²) < 4.78 is 5.56. The number of hydrogen-bond acceptors (Lipinski definition) is 3. The molecule has 19 heavy (non-hydrogen) atoms. The highest BCUT2D eigenvalue weighted by atomic mass is 16.5. The molecule has 0 radical (unpaired) electrons. The molecule has 0 unspecified atom stereocenters. The van der Waals surface area contributed by atoms with E-state index in [-0.39, 0.29) is 5.91 Å². The Kier molecular flexibility index (Phi) is 4.50. The van der Waals surface area contributed by atoms with Crippen molar-refractivity contribution in [3.63, 3.8) is 0 Å². The zero-order chi connectivity index (χ0) is 13.5. The molecule has 1 N–H and O–H groups in total. The van der Waals surface area contributed by atoms with Crippen LogP contribution in [0.3, 0.4) is 0 Å². The number of pyridine rings is 1. The first kappa shape index (κ1) is 13.1. The fraction of sp³-hybridized carbons (Fsp3) is 0.200. The number of carbonyl (C=O) groups excluding carboxylic acids is 1. The van der Waals surface area contributed by atoms with Crippen molar-refractivity contribution in [2.24, 2.45) is 0 Å². The van der Waals surface area contributed by atoms with Gasteiger partial charge in [0.25, 0.3) is 5.91 Å². The summed E-state index contributed by atoms with van der Waals surface area (Å²) in [7, 11) is 0. The lowest BCUT2D eigenvalue weighted by molar-refractivity contribution is 0.102. The largest absolute Gasteiger partial charge is 0.493 e. The molecule has 1 aromatic heterocycles. The smallest absolute Gasteiger partial charge is 0.260 e. The van der Waals surface area contributed by atoms with Gasteiger partial charge in [-0.05, 0) is 30.7 Å². The first-order chi connectivity index (χ1) is 9.31. The molecule has 4 nitrogen and oxygen atoms in total. The van der Waals surface area contributed by atoms with Crippen molar-refractivity contribution in [2.75, 3.05) is 11.9 Å². The van der Waals surface area contributed by atoms with Crippen LogP contribution in [-0.2, 0) is 0 Å². The summed E-state index contributed by atoms with van der Waals surface area (Å²) in [5.74, 6) is 0.904. The maximum atomic E-state index is 12.2. The van der Waals surface area contributed by atoms with Crippen LogP contribution in [0.15, 0.2) is 48.7 Å². The van der Waals surface area contributed by atoms with Crippen LogP contribution < -0.4 is 10.1 Å². The van der Waals surface area contributed by atoms with E-state index in [2.05, 4.69) is 10.3 Å². The van der Waals surface area contributed by atoms with E-state index in [1.165, 1.54) is 0 Å². The highest BCUT2D eigenvalue weighted by Gasteiger charge is 2.12. The van der Waals surface area contributed by atoms with E-state index in [1.807, 2.05) is 25.1 Å². The van der Waals surface area contributed by atoms with Crippen molar-refractivity contribution >= 4 is 11.7 Å². The molecular formula is C15H16N2O2. The minimum absolute atomic E-state index is 0.217. The molecule has 2 rings (SSSR count). The number of nitrogens with zero attached hydrogens (tertiary/aromatic N) is 1.